The molecule has 1 unspecified atom stereocenters. The average molecular weight is 427 g/mol. The van der Waals surface area contributed by atoms with Crippen LogP contribution in [-0.2, 0) is 5.60 Å². The van der Waals surface area contributed by atoms with Crippen LogP contribution < -0.4 is 5.32 Å². The van der Waals surface area contributed by atoms with Crippen molar-refractivity contribution in [3.63, 3.8) is 0 Å². The Kier molecular flexibility index (Phi) is 5.14. The topological polar surface area (TPSA) is 126 Å². The summed E-state index contributed by atoms with van der Waals surface area (Å²) in [4.78, 5) is 17.0. The highest BCUT2D eigenvalue weighted by molar-refractivity contribution is 7.08. The highest BCUT2D eigenvalue weighted by Gasteiger charge is 2.29. The summed E-state index contributed by atoms with van der Waals surface area (Å²) in [6, 6.07) is 6.52. The molecule has 1 aromatic carbocycles. The van der Waals surface area contributed by atoms with Crippen LogP contribution in [0.5, 0.6) is 0 Å². The van der Waals surface area contributed by atoms with E-state index in [1.54, 1.807) is 36.7 Å². The molecule has 1 amide bonds. The Balaban J connectivity index is 1.74. The van der Waals surface area contributed by atoms with Gasteiger partial charge >= 0.3 is 0 Å². The number of hydrogen-bond acceptors (Lipinski definition) is 8. The number of thiophene rings is 1. The van der Waals surface area contributed by atoms with Gasteiger partial charge in [-0.25, -0.2) is 4.68 Å². The SMILES string of the molecule is Cc1noc([C@@H](C)NC(=O)c2ccc3c(C(C)(O)CO)nn(-c4ccsc4)c3c2)n1. The van der Waals surface area contributed by atoms with Crippen LogP contribution in [0.4, 0.5) is 0 Å². The molecule has 0 spiro atoms. The van der Waals surface area contributed by atoms with Crippen LogP contribution in [0.15, 0.2) is 39.5 Å². The first-order chi connectivity index (χ1) is 14.3. The van der Waals surface area contributed by atoms with E-state index in [0.29, 0.717) is 33.9 Å². The number of carbonyl (C=O) groups excluding carboxylic acids is 1. The molecule has 2 atom stereocenters. The quantitative estimate of drug-likeness (QED) is 0.431. The van der Waals surface area contributed by atoms with Crippen LogP contribution in [0.1, 0.15) is 47.7 Å². The van der Waals surface area contributed by atoms with Crippen molar-refractivity contribution in [2.45, 2.75) is 32.4 Å². The van der Waals surface area contributed by atoms with Gasteiger partial charge in [0.05, 0.1) is 17.8 Å². The molecule has 4 rings (SSSR count). The fourth-order valence-electron chi connectivity index (χ4n) is 3.13. The molecule has 4 aromatic rings. The number of aromatic nitrogens is 4. The summed E-state index contributed by atoms with van der Waals surface area (Å²) in [6.45, 7) is 4.49. The molecule has 0 saturated carbocycles. The molecule has 0 fully saturated rings. The van der Waals surface area contributed by atoms with E-state index in [-0.39, 0.29) is 5.91 Å². The van der Waals surface area contributed by atoms with Crippen LogP contribution in [0, 0.1) is 6.92 Å². The molecule has 0 aliphatic rings. The minimum atomic E-state index is -1.52. The van der Waals surface area contributed by atoms with Crippen molar-refractivity contribution in [1.82, 2.24) is 25.2 Å². The number of amides is 1. The monoisotopic (exact) mass is 427 g/mol. The first-order valence-electron chi connectivity index (χ1n) is 9.30. The number of nitrogens with zero attached hydrogens (tertiary/aromatic N) is 4. The van der Waals surface area contributed by atoms with Crippen molar-refractivity contribution >= 4 is 28.1 Å². The summed E-state index contributed by atoms with van der Waals surface area (Å²) in [5, 5.41) is 35.8. The second-order valence-electron chi connectivity index (χ2n) is 7.28. The van der Waals surface area contributed by atoms with Gasteiger partial charge in [-0.05, 0) is 50.4 Å². The first-order valence-corrected chi connectivity index (χ1v) is 10.2. The van der Waals surface area contributed by atoms with Gasteiger partial charge in [0, 0.05) is 16.3 Å². The maximum absolute atomic E-state index is 12.8. The van der Waals surface area contributed by atoms with Crippen molar-refractivity contribution in [1.29, 1.82) is 0 Å². The Bertz CT molecular complexity index is 1200. The molecule has 0 aliphatic heterocycles. The van der Waals surface area contributed by atoms with Gasteiger partial charge in [0.25, 0.3) is 5.91 Å². The van der Waals surface area contributed by atoms with Crippen molar-refractivity contribution in [2.75, 3.05) is 6.61 Å². The van der Waals surface area contributed by atoms with Crippen molar-refractivity contribution in [2.24, 2.45) is 0 Å². The maximum atomic E-state index is 12.8. The Hall–Kier alpha value is -3.08. The van der Waals surface area contributed by atoms with Crippen molar-refractivity contribution in [3.8, 4) is 5.69 Å². The average Bonchev–Trinajstić information content (AvgIpc) is 3.46. The third-order valence-electron chi connectivity index (χ3n) is 4.77. The predicted molar refractivity (Wildman–Crippen MR) is 111 cm³/mol. The molecule has 0 saturated heterocycles. The molecular weight excluding hydrogens is 406 g/mol. The van der Waals surface area contributed by atoms with Gasteiger partial charge in [-0.3, -0.25) is 4.79 Å². The molecule has 0 bridgehead atoms. The lowest BCUT2D eigenvalue weighted by Gasteiger charge is -2.17. The van der Waals surface area contributed by atoms with Gasteiger partial charge in [-0.2, -0.15) is 21.4 Å². The molecule has 0 aliphatic carbocycles. The Labute approximate surface area is 176 Å². The van der Waals surface area contributed by atoms with Crippen LogP contribution in [0.3, 0.4) is 0 Å². The van der Waals surface area contributed by atoms with E-state index in [1.165, 1.54) is 18.3 Å². The van der Waals surface area contributed by atoms with Gasteiger partial charge in [0.15, 0.2) is 5.82 Å². The zero-order valence-electron chi connectivity index (χ0n) is 16.7. The normalized spacial score (nSPS) is 14.6. The standard InChI is InChI=1S/C20H21N5O4S/c1-11(19-22-12(2)24-29-19)21-18(27)13-4-5-15-16(8-13)25(14-6-7-30-9-14)23-17(15)20(3,28)10-26/h4-9,11,26,28H,10H2,1-3H3,(H,21,27)/t11-,20?/m1/s1. The fourth-order valence-corrected chi connectivity index (χ4v) is 3.75. The van der Waals surface area contributed by atoms with Crippen LogP contribution >= 0.6 is 11.3 Å². The first kappa shape index (κ1) is 20.2. The van der Waals surface area contributed by atoms with Gasteiger partial charge in [0.1, 0.15) is 17.3 Å². The van der Waals surface area contributed by atoms with E-state index in [0.717, 1.165) is 5.69 Å². The third kappa shape index (κ3) is 3.60. The van der Waals surface area contributed by atoms with Gasteiger partial charge in [0.2, 0.25) is 5.89 Å². The fraction of sp³-hybridized carbons (Fsp3) is 0.300. The number of benzene rings is 1. The van der Waals surface area contributed by atoms with Crippen LogP contribution in [0.25, 0.3) is 16.6 Å². The number of carbonyl (C=O) groups is 1. The Morgan fingerprint density at radius 2 is 2.20 bits per heavy atom. The van der Waals surface area contributed by atoms with Crippen LogP contribution in [0.2, 0.25) is 0 Å². The number of hydrogen-bond donors (Lipinski definition) is 3. The molecule has 10 heteroatoms. The number of nitrogens with one attached hydrogen (secondary N) is 1. The minimum Gasteiger partial charge on any atom is -0.393 e. The molecule has 3 heterocycles. The second-order valence-corrected chi connectivity index (χ2v) is 8.06. The summed E-state index contributed by atoms with van der Waals surface area (Å²) in [6.07, 6.45) is 0. The number of fused-ring (bicyclic) bond motifs is 1. The number of aliphatic hydroxyl groups excluding tert-OH is 1. The van der Waals surface area contributed by atoms with E-state index in [4.69, 9.17) is 4.52 Å². The Morgan fingerprint density at radius 3 is 2.83 bits per heavy atom. The second kappa shape index (κ2) is 7.63. The highest BCUT2D eigenvalue weighted by atomic mass is 32.1. The van der Waals surface area contributed by atoms with Crippen molar-refractivity contribution < 1.29 is 19.5 Å². The van der Waals surface area contributed by atoms with E-state index in [2.05, 4.69) is 20.6 Å². The number of aryl methyl sites for hydroxylation is 1. The molecule has 0 radical (unpaired) electrons. The molecule has 9 nitrogen and oxygen atoms in total. The molecule has 3 N–H and O–H groups in total. The lowest BCUT2D eigenvalue weighted by Crippen LogP contribution is -2.27. The van der Waals surface area contributed by atoms with E-state index >= 15 is 0 Å². The smallest absolute Gasteiger partial charge is 0.251 e. The van der Waals surface area contributed by atoms with Gasteiger partial charge < -0.3 is 20.1 Å². The van der Waals surface area contributed by atoms with E-state index in [1.807, 2.05) is 16.8 Å². The van der Waals surface area contributed by atoms with E-state index in [9.17, 15) is 15.0 Å². The summed E-state index contributed by atoms with van der Waals surface area (Å²) in [7, 11) is 0. The summed E-state index contributed by atoms with van der Waals surface area (Å²) < 4.78 is 6.77. The summed E-state index contributed by atoms with van der Waals surface area (Å²) in [5.41, 5.74) is 0.682. The van der Waals surface area contributed by atoms with Crippen molar-refractivity contribution in [3.05, 3.63) is 58.0 Å². The van der Waals surface area contributed by atoms with E-state index < -0.39 is 18.2 Å². The zero-order valence-corrected chi connectivity index (χ0v) is 17.5. The van der Waals surface area contributed by atoms with Crippen LogP contribution in [-0.4, -0.2) is 42.6 Å². The summed E-state index contributed by atoms with van der Waals surface area (Å²) in [5.74, 6) is 0.510. The summed E-state index contributed by atoms with van der Waals surface area (Å²) >= 11 is 1.51. The minimum absolute atomic E-state index is 0.311. The molecular formula is C20H21N5O4S. The number of rotatable bonds is 6. The number of aliphatic hydroxyl groups is 2. The largest absolute Gasteiger partial charge is 0.393 e. The highest BCUT2D eigenvalue weighted by Crippen LogP contribution is 2.31. The molecule has 30 heavy (non-hydrogen) atoms. The third-order valence-corrected chi connectivity index (χ3v) is 5.44. The van der Waals surface area contributed by atoms with Gasteiger partial charge in [-0.1, -0.05) is 5.16 Å². The van der Waals surface area contributed by atoms with Gasteiger partial charge in [-0.15, -0.1) is 0 Å². The molecule has 3 aromatic heterocycles. The maximum Gasteiger partial charge on any atom is 0.251 e. The molecule has 156 valence electrons. The lowest BCUT2D eigenvalue weighted by atomic mass is 9.99. The lowest BCUT2D eigenvalue weighted by molar-refractivity contribution is -0.00495. The Morgan fingerprint density at radius 1 is 1.40 bits per heavy atom. The zero-order chi connectivity index (χ0) is 21.5. The predicted octanol–water partition coefficient (Wildman–Crippen LogP) is 2.47.